The molecule has 0 amide bonds. The Bertz CT molecular complexity index is 404. The van der Waals surface area contributed by atoms with E-state index in [1.165, 1.54) is 6.42 Å². The molecule has 1 saturated carbocycles. The summed E-state index contributed by atoms with van der Waals surface area (Å²) in [5.74, 6) is 0.619. The van der Waals surface area contributed by atoms with Crippen LogP contribution in [-0.4, -0.2) is 23.9 Å². The number of hydrogen-bond acceptors (Lipinski definition) is 2. The second-order valence-electron chi connectivity index (χ2n) is 5.82. The van der Waals surface area contributed by atoms with Gasteiger partial charge in [-0.05, 0) is 36.5 Å². The third-order valence-electron chi connectivity index (χ3n) is 4.35. The lowest BCUT2D eigenvalue weighted by molar-refractivity contribution is -0.131. The average Bonchev–Trinajstić information content (AvgIpc) is 2.41. The van der Waals surface area contributed by atoms with E-state index in [2.05, 4.69) is 6.92 Å². The average molecular weight is 283 g/mol. The molecule has 0 aromatic heterocycles. The number of ether oxygens (including phenoxy) is 1. The van der Waals surface area contributed by atoms with Crippen molar-refractivity contribution in [1.82, 2.24) is 0 Å². The Morgan fingerprint density at radius 1 is 1.42 bits per heavy atom. The van der Waals surface area contributed by atoms with Crippen molar-refractivity contribution in [2.75, 3.05) is 7.11 Å². The van der Waals surface area contributed by atoms with Crippen LogP contribution in [0.2, 0.25) is 5.02 Å². The van der Waals surface area contributed by atoms with E-state index in [0.717, 1.165) is 29.8 Å². The molecule has 2 rings (SSSR count). The minimum Gasteiger partial charge on any atom is -0.390 e. The van der Waals surface area contributed by atoms with Gasteiger partial charge in [-0.2, -0.15) is 0 Å². The summed E-state index contributed by atoms with van der Waals surface area (Å²) >= 11 is 5.88. The molecule has 0 saturated heterocycles. The predicted molar refractivity (Wildman–Crippen MR) is 78.5 cm³/mol. The first-order valence-electron chi connectivity index (χ1n) is 7.03. The Morgan fingerprint density at radius 2 is 2.11 bits per heavy atom. The van der Waals surface area contributed by atoms with Crippen molar-refractivity contribution < 1.29 is 9.84 Å². The second-order valence-corrected chi connectivity index (χ2v) is 6.25. The molecule has 19 heavy (non-hydrogen) atoms. The van der Waals surface area contributed by atoms with Crippen molar-refractivity contribution in [1.29, 1.82) is 0 Å². The Hall–Kier alpha value is -0.570. The number of rotatable bonds is 4. The molecule has 3 heteroatoms. The molecule has 3 unspecified atom stereocenters. The fraction of sp³-hybridized carbons (Fsp3) is 0.625. The summed E-state index contributed by atoms with van der Waals surface area (Å²) in [6, 6.07) is 7.68. The highest BCUT2D eigenvalue weighted by Crippen LogP contribution is 2.38. The second kappa shape index (κ2) is 6.25. The molecule has 0 heterocycles. The van der Waals surface area contributed by atoms with Crippen molar-refractivity contribution >= 4 is 11.6 Å². The zero-order chi connectivity index (χ0) is 13.9. The number of hydrogen-bond donors (Lipinski definition) is 1. The van der Waals surface area contributed by atoms with Gasteiger partial charge >= 0.3 is 0 Å². The molecule has 1 aromatic carbocycles. The summed E-state index contributed by atoms with van der Waals surface area (Å²) in [6.45, 7) is 2.24. The van der Waals surface area contributed by atoms with Gasteiger partial charge in [0.2, 0.25) is 0 Å². The van der Waals surface area contributed by atoms with Crippen LogP contribution in [0.1, 0.15) is 38.2 Å². The van der Waals surface area contributed by atoms with Gasteiger partial charge in [0, 0.05) is 18.6 Å². The fourth-order valence-electron chi connectivity index (χ4n) is 3.20. The van der Waals surface area contributed by atoms with E-state index in [0.29, 0.717) is 12.3 Å². The zero-order valence-corrected chi connectivity index (χ0v) is 12.5. The Balaban J connectivity index is 2.08. The quantitative estimate of drug-likeness (QED) is 0.909. The molecule has 1 aromatic rings. The predicted octanol–water partition coefficient (Wildman–Crippen LogP) is 3.84. The topological polar surface area (TPSA) is 29.5 Å². The highest BCUT2D eigenvalue weighted by molar-refractivity contribution is 6.30. The van der Waals surface area contributed by atoms with Crippen LogP contribution >= 0.6 is 11.6 Å². The largest absolute Gasteiger partial charge is 0.390 e. The zero-order valence-electron chi connectivity index (χ0n) is 11.7. The van der Waals surface area contributed by atoms with Gasteiger partial charge in [0.25, 0.3) is 0 Å². The maximum absolute atomic E-state index is 10.6. The van der Waals surface area contributed by atoms with Crippen LogP contribution in [0.4, 0.5) is 0 Å². The summed E-state index contributed by atoms with van der Waals surface area (Å²) in [5.41, 5.74) is 0.726. The molecule has 1 aliphatic carbocycles. The van der Waals surface area contributed by atoms with E-state index in [1.807, 2.05) is 24.3 Å². The van der Waals surface area contributed by atoms with Crippen LogP contribution in [-0.2, 0) is 11.2 Å². The van der Waals surface area contributed by atoms with Gasteiger partial charge in [0.1, 0.15) is 0 Å². The molecule has 0 bridgehead atoms. The van der Waals surface area contributed by atoms with E-state index in [4.69, 9.17) is 16.3 Å². The molecule has 1 aliphatic rings. The van der Waals surface area contributed by atoms with Crippen LogP contribution in [0.3, 0.4) is 0 Å². The maximum atomic E-state index is 10.6. The first-order chi connectivity index (χ1) is 9.05. The molecule has 3 atom stereocenters. The van der Waals surface area contributed by atoms with E-state index in [9.17, 15) is 5.11 Å². The summed E-state index contributed by atoms with van der Waals surface area (Å²) in [4.78, 5) is 0. The van der Waals surface area contributed by atoms with Crippen LogP contribution in [0.5, 0.6) is 0 Å². The van der Waals surface area contributed by atoms with Crippen molar-refractivity contribution in [3.63, 3.8) is 0 Å². The van der Waals surface area contributed by atoms with Crippen molar-refractivity contribution in [3.8, 4) is 0 Å². The Kier molecular flexibility index (Phi) is 4.88. The van der Waals surface area contributed by atoms with Crippen LogP contribution in [0.25, 0.3) is 0 Å². The van der Waals surface area contributed by atoms with E-state index < -0.39 is 6.10 Å². The normalized spacial score (nSPS) is 29.2. The first-order valence-corrected chi connectivity index (χ1v) is 7.41. The molecule has 0 aliphatic heterocycles. The standard InChI is InChI=1S/C16H23ClO2/c1-12-4-3-9-16(11-12,19-2)15(18)10-13-5-7-14(17)8-6-13/h5-8,12,15,18H,3-4,9-11H2,1-2H3. The summed E-state index contributed by atoms with van der Waals surface area (Å²) < 4.78 is 5.73. The fourth-order valence-corrected chi connectivity index (χ4v) is 3.32. The van der Waals surface area contributed by atoms with Gasteiger partial charge in [-0.3, -0.25) is 0 Å². The molecule has 1 fully saturated rings. The van der Waals surface area contributed by atoms with Gasteiger partial charge in [0.15, 0.2) is 0 Å². The van der Waals surface area contributed by atoms with E-state index in [1.54, 1.807) is 7.11 Å². The first kappa shape index (κ1) is 14.8. The number of aliphatic hydroxyl groups excluding tert-OH is 1. The minimum atomic E-state index is -0.457. The van der Waals surface area contributed by atoms with E-state index >= 15 is 0 Å². The summed E-state index contributed by atoms with van der Waals surface area (Å²) in [5, 5.41) is 11.3. The summed E-state index contributed by atoms with van der Waals surface area (Å²) in [7, 11) is 1.73. The lowest BCUT2D eigenvalue weighted by Crippen LogP contribution is -2.48. The van der Waals surface area contributed by atoms with Crippen LogP contribution < -0.4 is 0 Å². The van der Waals surface area contributed by atoms with E-state index in [-0.39, 0.29) is 5.60 Å². The van der Waals surface area contributed by atoms with Crippen molar-refractivity contribution in [2.45, 2.75) is 50.7 Å². The van der Waals surface area contributed by atoms with Gasteiger partial charge in [0.05, 0.1) is 11.7 Å². The number of methoxy groups -OCH3 is 1. The van der Waals surface area contributed by atoms with Gasteiger partial charge in [-0.15, -0.1) is 0 Å². The molecule has 106 valence electrons. The smallest absolute Gasteiger partial charge is 0.0942 e. The van der Waals surface area contributed by atoms with Gasteiger partial charge in [-0.25, -0.2) is 0 Å². The number of halogens is 1. The number of aliphatic hydroxyl groups is 1. The Labute approximate surface area is 120 Å². The Morgan fingerprint density at radius 3 is 2.68 bits per heavy atom. The molecule has 0 spiro atoms. The van der Waals surface area contributed by atoms with Gasteiger partial charge < -0.3 is 9.84 Å². The lowest BCUT2D eigenvalue weighted by atomic mass is 9.74. The minimum absolute atomic E-state index is 0.378. The monoisotopic (exact) mass is 282 g/mol. The highest BCUT2D eigenvalue weighted by atomic mass is 35.5. The maximum Gasteiger partial charge on any atom is 0.0942 e. The van der Waals surface area contributed by atoms with Gasteiger partial charge in [-0.1, -0.05) is 43.5 Å². The van der Waals surface area contributed by atoms with Crippen molar-refractivity contribution in [3.05, 3.63) is 34.9 Å². The van der Waals surface area contributed by atoms with Crippen molar-refractivity contribution in [2.24, 2.45) is 5.92 Å². The highest BCUT2D eigenvalue weighted by Gasteiger charge is 2.41. The molecule has 0 radical (unpaired) electrons. The third kappa shape index (κ3) is 3.50. The van der Waals surface area contributed by atoms with Crippen LogP contribution in [0, 0.1) is 5.92 Å². The lowest BCUT2D eigenvalue weighted by Gasteiger charge is -2.42. The van der Waals surface area contributed by atoms with Crippen LogP contribution in [0.15, 0.2) is 24.3 Å². The molecular formula is C16H23ClO2. The SMILES string of the molecule is COC1(C(O)Cc2ccc(Cl)cc2)CCCC(C)C1. The molecular weight excluding hydrogens is 260 g/mol. The third-order valence-corrected chi connectivity index (χ3v) is 4.60. The molecule has 1 N–H and O–H groups in total. The summed E-state index contributed by atoms with van der Waals surface area (Å²) in [6.07, 6.45) is 4.42. The number of benzene rings is 1. The molecule has 2 nitrogen and oxygen atoms in total.